The lowest BCUT2D eigenvalue weighted by atomic mass is 10.1. The molecule has 3 N–H and O–H groups in total. The molecule has 0 bridgehead atoms. The Bertz CT molecular complexity index is 564. The van der Waals surface area contributed by atoms with E-state index >= 15 is 0 Å². The van der Waals surface area contributed by atoms with Crippen molar-refractivity contribution >= 4 is 5.91 Å². The van der Waals surface area contributed by atoms with Gasteiger partial charge in [0.05, 0.1) is 6.54 Å². The number of benzene rings is 1. The molecule has 0 spiro atoms. The predicted molar refractivity (Wildman–Crippen MR) is 64.5 cm³/mol. The fourth-order valence-corrected chi connectivity index (χ4v) is 2.02. The highest BCUT2D eigenvalue weighted by Crippen LogP contribution is 2.16. The van der Waals surface area contributed by atoms with Gasteiger partial charge in [-0.2, -0.15) is 5.10 Å². The standard InChI is InChI=1S/C12H13N5O/c18-12(14-6-11-15-7-16-17-11)8-1-2-9-4-13-5-10(9)3-8/h1-3,7,13H,4-6H2,(H,14,18)(H,15,16,17). The highest BCUT2D eigenvalue weighted by Gasteiger charge is 2.13. The molecule has 6 nitrogen and oxygen atoms in total. The number of nitrogens with zero attached hydrogens (tertiary/aromatic N) is 2. The number of amides is 1. The van der Waals surface area contributed by atoms with Crippen LogP contribution in [0, 0.1) is 0 Å². The largest absolute Gasteiger partial charge is 0.345 e. The summed E-state index contributed by atoms with van der Waals surface area (Å²) in [6.45, 7) is 2.07. The van der Waals surface area contributed by atoms with E-state index < -0.39 is 0 Å². The van der Waals surface area contributed by atoms with E-state index in [1.807, 2.05) is 18.2 Å². The average molecular weight is 243 g/mol. The van der Waals surface area contributed by atoms with Crippen LogP contribution in [0.15, 0.2) is 24.5 Å². The molecule has 2 heterocycles. The molecule has 18 heavy (non-hydrogen) atoms. The van der Waals surface area contributed by atoms with E-state index in [1.54, 1.807) is 0 Å². The lowest BCUT2D eigenvalue weighted by molar-refractivity contribution is 0.0950. The van der Waals surface area contributed by atoms with Gasteiger partial charge in [0.2, 0.25) is 0 Å². The third-order valence-corrected chi connectivity index (χ3v) is 2.98. The average Bonchev–Trinajstić information content (AvgIpc) is 3.05. The molecule has 0 saturated heterocycles. The van der Waals surface area contributed by atoms with Crippen LogP contribution in [-0.4, -0.2) is 21.1 Å². The molecule has 0 unspecified atom stereocenters. The fourth-order valence-electron chi connectivity index (χ4n) is 2.02. The number of aromatic nitrogens is 3. The molecular formula is C12H13N5O. The highest BCUT2D eigenvalue weighted by molar-refractivity contribution is 5.94. The summed E-state index contributed by atoms with van der Waals surface area (Å²) >= 11 is 0. The van der Waals surface area contributed by atoms with Crippen molar-refractivity contribution in [3.63, 3.8) is 0 Å². The van der Waals surface area contributed by atoms with Crippen molar-refractivity contribution in [2.45, 2.75) is 19.6 Å². The number of carbonyl (C=O) groups excluding carboxylic acids is 1. The molecule has 1 aromatic heterocycles. The van der Waals surface area contributed by atoms with E-state index in [9.17, 15) is 4.79 Å². The van der Waals surface area contributed by atoms with Gasteiger partial charge in [0.25, 0.3) is 5.91 Å². The van der Waals surface area contributed by atoms with E-state index in [-0.39, 0.29) is 5.91 Å². The van der Waals surface area contributed by atoms with E-state index in [4.69, 9.17) is 0 Å². The lowest BCUT2D eigenvalue weighted by Gasteiger charge is -2.05. The van der Waals surface area contributed by atoms with Crippen LogP contribution >= 0.6 is 0 Å². The Morgan fingerprint density at radius 3 is 3.06 bits per heavy atom. The number of rotatable bonds is 3. The first kappa shape index (κ1) is 10.9. The minimum Gasteiger partial charge on any atom is -0.345 e. The first-order chi connectivity index (χ1) is 8.83. The summed E-state index contributed by atoms with van der Waals surface area (Å²) in [5, 5.41) is 12.5. The third kappa shape index (κ3) is 2.10. The molecule has 1 aliphatic rings. The zero-order chi connectivity index (χ0) is 12.4. The zero-order valence-corrected chi connectivity index (χ0v) is 9.73. The second-order valence-corrected chi connectivity index (χ2v) is 4.20. The number of hydrogen-bond acceptors (Lipinski definition) is 4. The van der Waals surface area contributed by atoms with Crippen molar-refractivity contribution in [3.05, 3.63) is 47.0 Å². The Hall–Kier alpha value is -2.21. The van der Waals surface area contributed by atoms with Crippen molar-refractivity contribution in [2.75, 3.05) is 0 Å². The fraction of sp³-hybridized carbons (Fsp3) is 0.250. The van der Waals surface area contributed by atoms with Crippen molar-refractivity contribution in [2.24, 2.45) is 0 Å². The Morgan fingerprint density at radius 1 is 1.33 bits per heavy atom. The monoisotopic (exact) mass is 243 g/mol. The van der Waals surface area contributed by atoms with Gasteiger partial charge < -0.3 is 10.6 Å². The number of nitrogens with one attached hydrogen (secondary N) is 3. The molecule has 1 amide bonds. The van der Waals surface area contributed by atoms with Crippen molar-refractivity contribution in [1.29, 1.82) is 0 Å². The molecule has 92 valence electrons. The van der Waals surface area contributed by atoms with Crippen LogP contribution in [-0.2, 0) is 19.6 Å². The van der Waals surface area contributed by atoms with Gasteiger partial charge in [-0.1, -0.05) is 6.07 Å². The summed E-state index contributed by atoms with van der Waals surface area (Å²) in [6.07, 6.45) is 1.42. The smallest absolute Gasteiger partial charge is 0.251 e. The van der Waals surface area contributed by atoms with Crippen molar-refractivity contribution < 1.29 is 4.79 Å². The van der Waals surface area contributed by atoms with E-state index in [0.29, 0.717) is 17.9 Å². The minimum atomic E-state index is -0.0962. The molecule has 0 radical (unpaired) electrons. The Labute approximate surface area is 104 Å². The number of aromatic amines is 1. The highest BCUT2D eigenvalue weighted by atomic mass is 16.1. The maximum absolute atomic E-state index is 11.9. The van der Waals surface area contributed by atoms with E-state index in [2.05, 4.69) is 25.8 Å². The van der Waals surface area contributed by atoms with Gasteiger partial charge in [0.1, 0.15) is 12.2 Å². The van der Waals surface area contributed by atoms with Crippen LogP contribution in [0.5, 0.6) is 0 Å². The molecule has 1 aromatic carbocycles. The second kappa shape index (κ2) is 4.58. The normalized spacial score (nSPS) is 13.3. The first-order valence-electron chi connectivity index (χ1n) is 5.78. The van der Waals surface area contributed by atoms with E-state index in [1.165, 1.54) is 17.5 Å². The van der Waals surface area contributed by atoms with Gasteiger partial charge in [-0.05, 0) is 23.3 Å². The maximum Gasteiger partial charge on any atom is 0.251 e. The van der Waals surface area contributed by atoms with Gasteiger partial charge in [-0.3, -0.25) is 9.89 Å². The van der Waals surface area contributed by atoms with Crippen LogP contribution in [0.3, 0.4) is 0 Å². The van der Waals surface area contributed by atoms with Crippen molar-refractivity contribution in [1.82, 2.24) is 25.8 Å². The van der Waals surface area contributed by atoms with Crippen LogP contribution in [0.1, 0.15) is 27.3 Å². The van der Waals surface area contributed by atoms with Crippen LogP contribution in [0.4, 0.5) is 0 Å². The van der Waals surface area contributed by atoms with E-state index in [0.717, 1.165) is 13.1 Å². The lowest BCUT2D eigenvalue weighted by Crippen LogP contribution is -2.23. The molecule has 6 heteroatoms. The second-order valence-electron chi connectivity index (χ2n) is 4.20. The third-order valence-electron chi connectivity index (χ3n) is 2.98. The Morgan fingerprint density at radius 2 is 2.22 bits per heavy atom. The van der Waals surface area contributed by atoms with Crippen molar-refractivity contribution in [3.8, 4) is 0 Å². The molecule has 0 atom stereocenters. The summed E-state index contributed by atoms with van der Waals surface area (Å²) in [5.74, 6) is 0.548. The van der Waals surface area contributed by atoms with Gasteiger partial charge in [0, 0.05) is 18.7 Å². The van der Waals surface area contributed by atoms with Crippen LogP contribution < -0.4 is 10.6 Å². The molecular weight excluding hydrogens is 230 g/mol. The van der Waals surface area contributed by atoms with Gasteiger partial charge in [-0.25, -0.2) is 4.98 Å². The molecule has 1 aliphatic heterocycles. The summed E-state index contributed by atoms with van der Waals surface area (Å²) in [4.78, 5) is 15.9. The number of carbonyl (C=O) groups is 1. The van der Waals surface area contributed by atoms with Gasteiger partial charge in [-0.15, -0.1) is 0 Å². The summed E-state index contributed by atoms with van der Waals surface area (Å²) < 4.78 is 0. The zero-order valence-electron chi connectivity index (χ0n) is 9.73. The SMILES string of the molecule is O=C(NCc1ncn[nH]1)c1ccc2c(c1)CNC2. The predicted octanol–water partition coefficient (Wildman–Crippen LogP) is 0.338. The number of fused-ring (bicyclic) bond motifs is 1. The first-order valence-corrected chi connectivity index (χ1v) is 5.78. The molecule has 0 aliphatic carbocycles. The Kier molecular flexibility index (Phi) is 2.77. The molecule has 2 aromatic rings. The quantitative estimate of drug-likeness (QED) is 0.726. The minimum absolute atomic E-state index is 0.0962. The topological polar surface area (TPSA) is 82.7 Å². The summed E-state index contributed by atoms with van der Waals surface area (Å²) in [6, 6.07) is 5.78. The van der Waals surface area contributed by atoms with Gasteiger partial charge in [0.15, 0.2) is 0 Å². The van der Waals surface area contributed by atoms with Gasteiger partial charge >= 0.3 is 0 Å². The van der Waals surface area contributed by atoms with Crippen LogP contribution in [0.2, 0.25) is 0 Å². The summed E-state index contributed by atoms with van der Waals surface area (Å²) in [5.41, 5.74) is 3.14. The van der Waals surface area contributed by atoms with Crippen LogP contribution in [0.25, 0.3) is 0 Å². The maximum atomic E-state index is 11.9. The molecule has 3 rings (SSSR count). The Balaban J connectivity index is 1.69. The number of H-pyrrole nitrogens is 1. The molecule has 0 saturated carbocycles. The number of hydrogen-bond donors (Lipinski definition) is 3. The summed E-state index contributed by atoms with van der Waals surface area (Å²) in [7, 11) is 0. The molecule has 0 fully saturated rings.